The Balaban J connectivity index is 1.71. The van der Waals surface area contributed by atoms with Gasteiger partial charge in [-0.2, -0.15) is 0 Å². The van der Waals surface area contributed by atoms with E-state index in [9.17, 15) is 18.3 Å². The second kappa shape index (κ2) is 4.40. The second-order valence-electron chi connectivity index (χ2n) is 5.55. The van der Waals surface area contributed by atoms with E-state index in [2.05, 4.69) is 4.74 Å². The molecule has 3 rings (SSSR count). The summed E-state index contributed by atoms with van der Waals surface area (Å²) < 4.78 is 40.3. The Hall–Kier alpha value is -1.23. The first-order chi connectivity index (χ1) is 8.92. The van der Waals surface area contributed by atoms with Crippen molar-refractivity contribution < 1.29 is 23.0 Å². The van der Waals surface area contributed by atoms with Crippen molar-refractivity contribution in [3.63, 3.8) is 0 Å². The quantitative estimate of drug-likeness (QED) is 0.909. The van der Waals surface area contributed by atoms with Gasteiger partial charge in [-0.3, -0.25) is 0 Å². The lowest BCUT2D eigenvalue weighted by Gasteiger charge is -2.20. The molecule has 19 heavy (non-hydrogen) atoms. The molecule has 0 heterocycles. The van der Waals surface area contributed by atoms with Crippen LogP contribution >= 0.6 is 0 Å². The molecule has 2 aliphatic rings. The predicted molar refractivity (Wildman–Crippen MR) is 62.4 cm³/mol. The Labute approximate surface area is 109 Å². The first-order valence-electron chi connectivity index (χ1n) is 6.46. The maximum Gasteiger partial charge on any atom is 0.573 e. The van der Waals surface area contributed by atoms with Crippen LogP contribution in [0.25, 0.3) is 0 Å². The van der Waals surface area contributed by atoms with Gasteiger partial charge in [0.25, 0.3) is 0 Å². The SMILES string of the molecule is OC(c1cccc(OC(F)(F)F)c1)C1CC2CC2C1. The zero-order valence-corrected chi connectivity index (χ0v) is 10.2. The largest absolute Gasteiger partial charge is 0.573 e. The van der Waals surface area contributed by atoms with Crippen molar-refractivity contribution in [3.05, 3.63) is 29.8 Å². The van der Waals surface area contributed by atoms with Crippen LogP contribution in [0.4, 0.5) is 13.2 Å². The second-order valence-corrected chi connectivity index (χ2v) is 5.55. The number of rotatable bonds is 3. The molecule has 0 spiro atoms. The van der Waals surface area contributed by atoms with E-state index in [1.807, 2.05) is 0 Å². The molecule has 0 amide bonds. The maximum absolute atomic E-state index is 12.1. The number of alkyl halides is 3. The summed E-state index contributed by atoms with van der Waals surface area (Å²) >= 11 is 0. The van der Waals surface area contributed by atoms with Gasteiger partial charge in [-0.05, 0) is 54.7 Å². The van der Waals surface area contributed by atoms with Crippen LogP contribution in [0.2, 0.25) is 0 Å². The van der Waals surface area contributed by atoms with Gasteiger partial charge in [-0.1, -0.05) is 12.1 Å². The van der Waals surface area contributed by atoms with E-state index in [0.717, 1.165) is 24.7 Å². The van der Waals surface area contributed by atoms with Gasteiger partial charge in [0.15, 0.2) is 0 Å². The lowest BCUT2D eigenvalue weighted by Crippen LogP contribution is -2.17. The van der Waals surface area contributed by atoms with Crippen molar-refractivity contribution in [1.82, 2.24) is 0 Å². The van der Waals surface area contributed by atoms with Gasteiger partial charge in [-0.15, -0.1) is 13.2 Å². The molecule has 104 valence electrons. The van der Waals surface area contributed by atoms with Gasteiger partial charge in [0.1, 0.15) is 5.75 Å². The zero-order valence-electron chi connectivity index (χ0n) is 10.2. The minimum atomic E-state index is -4.70. The van der Waals surface area contributed by atoms with Crippen LogP contribution < -0.4 is 4.74 Å². The molecule has 0 bridgehead atoms. The van der Waals surface area contributed by atoms with Crippen LogP contribution in [-0.4, -0.2) is 11.5 Å². The lowest BCUT2D eigenvalue weighted by molar-refractivity contribution is -0.274. The summed E-state index contributed by atoms with van der Waals surface area (Å²) in [6, 6.07) is 5.66. The smallest absolute Gasteiger partial charge is 0.406 e. The standard InChI is InChI=1S/C14H15F3O2/c15-14(16,17)19-12-3-1-2-8(7-12)13(18)11-5-9-4-10(9)6-11/h1-3,7,9-11,13,18H,4-6H2. The number of fused-ring (bicyclic) bond motifs is 1. The van der Waals surface area contributed by atoms with Crippen LogP contribution in [0, 0.1) is 17.8 Å². The van der Waals surface area contributed by atoms with Crippen molar-refractivity contribution in [2.75, 3.05) is 0 Å². The number of hydrogen-bond acceptors (Lipinski definition) is 2. The Bertz CT molecular complexity index is 462. The van der Waals surface area contributed by atoms with Gasteiger partial charge in [0, 0.05) is 0 Å². The average molecular weight is 272 g/mol. The molecule has 0 aromatic heterocycles. The molecule has 5 heteroatoms. The minimum Gasteiger partial charge on any atom is -0.406 e. The minimum absolute atomic E-state index is 0.171. The van der Waals surface area contributed by atoms with Crippen molar-refractivity contribution in [1.29, 1.82) is 0 Å². The summed E-state index contributed by atoms with van der Waals surface area (Å²) in [5.74, 6) is 1.36. The van der Waals surface area contributed by atoms with Gasteiger partial charge < -0.3 is 9.84 Å². The Morgan fingerprint density at radius 1 is 1.16 bits per heavy atom. The summed E-state index contributed by atoms with van der Waals surface area (Å²) in [4.78, 5) is 0. The fourth-order valence-corrected chi connectivity index (χ4v) is 3.19. The highest BCUT2D eigenvalue weighted by atomic mass is 19.4. The molecule has 2 saturated carbocycles. The van der Waals surface area contributed by atoms with E-state index in [1.54, 1.807) is 6.07 Å². The summed E-state index contributed by atoms with van der Waals surface area (Å²) in [6.45, 7) is 0. The fourth-order valence-electron chi connectivity index (χ4n) is 3.19. The number of halogens is 3. The number of hydrogen-bond donors (Lipinski definition) is 1. The number of ether oxygens (including phenoxy) is 1. The average Bonchev–Trinajstić information content (AvgIpc) is 2.93. The van der Waals surface area contributed by atoms with Crippen LogP contribution in [0.3, 0.4) is 0 Å². The van der Waals surface area contributed by atoms with Crippen LogP contribution in [0.5, 0.6) is 5.75 Å². The van der Waals surface area contributed by atoms with Gasteiger partial charge in [0.05, 0.1) is 6.10 Å². The molecule has 0 radical (unpaired) electrons. The first kappa shape index (κ1) is 12.8. The lowest BCUT2D eigenvalue weighted by atomic mass is 9.91. The molecule has 1 N–H and O–H groups in total. The number of aliphatic hydroxyl groups is 1. The Morgan fingerprint density at radius 2 is 1.84 bits per heavy atom. The molecule has 3 atom stereocenters. The monoisotopic (exact) mass is 272 g/mol. The third-order valence-electron chi connectivity index (χ3n) is 4.16. The highest BCUT2D eigenvalue weighted by molar-refractivity contribution is 5.30. The Kier molecular flexibility index (Phi) is 2.96. The van der Waals surface area contributed by atoms with Crippen molar-refractivity contribution in [2.45, 2.75) is 31.7 Å². The van der Waals surface area contributed by atoms with E-state index in [0.29, 0.717) is 5.56 Å². The summed E-state index contributed by atoms with van der Waals surface area (Å²) in [5.41, 5.74) is 0.507. The van der Waals surface area contributed by atoms with E-state index in [1.165, 1.54) is 24.6 Å². The van der Waals surface area contributed by atoms with Crippen LogP contribution in [0.1, 0.15) is 30.9 Å². The molecular weight excluding hydrogens is 257 g/mol. The predicted octanol–water partition coefficient (Wildman–Crippen LogP) is 3.66. The normalized spacial score (nSPS) is 30.8. The number of benzene rings is 1. The van der Waals surface area contributed by atoms with E-state index in [-0.39, 0.29) is 11.7 Å². The maximum atomic E-state index is 12.1. The topological polar surface area (TPSA) is 29.5 Å². The molecule has 0 aliphatic heterocycles. The highest BCUT2D eigenvalue weighted by Gasteiger charge is 2.47. The fraction of sp³-hybridized carbons (Fsp3) is 0.571. The van der Waals surface area contributed by atoms with Crippen molar-refractivity contribution in [3.8, 4) is 5.75 Å². The Morgan fingerprint density at radius 3 is 2.47 bits per heavy atom. The molecular formula is C14H15F3O2. The third kappa shape index (κ3) is 2.86. The van der Waals surface area contributed by atoms with E-state index < -0.39 is 12.5 Å². The van der Waals surface area contributed by atoms with Crippen molar-refractivity contribution in [2.24, 2.45) is 17.8 Å². The van der Waals surface area contributed by atoms with Gasteiger partial charge >= 0.3 is 6.36 Å². The van der Waals surface area contributed by atoms with Gasteiger partial charge in [-0.25, -0.2) is 0 Å². The number of aliphatic hydroxyl groups excluding tert-OH is 1. The molecule has 2 aliphatic carbocycles. The summed E-state index contributed by atoms with van der Waals surface area (Å²) in [6.07, 6.45) is -2.17. The first-order valence-corrected chi connectivity index (χ1v) is 6.46. The van der Waals surface area contributed by atoms with E-state index >= 15 is 0 Å². The molecule has 1 aromatic carbocycles. The van der Waals surface area contributed by atoms with Crippen molar-refractivity contribution >= 4 is 0 Å². The molecule has 3 unspecified atom stereocenters. The van der Waals surface area contributed by atoms with Crippen LogP contribution in [0.15, 0.2) is 24.3 Å². The highest BCUT2D eigenvalue weighted by Crippen LogP contribution is 2.57. The van der Waals surface area contributed by atoms with Gasteiger partial charge in [0.2, 0.25) is 0 Å². The molecule has 2 nitrogen and oxygen atoms in total. The molecule has 0 saturated heterocycles. The zero-order chi connectivity index (χ0) is 13.6. The van der Waals surface area contributed by atoms with E-state index in [4.69, 9.17) is 0 Å². The molecule has 2 fully saturated rings. The third-order valence-corrected chi connectivity index (χ3v) is 4.16. The molecule has 1 aromatic rings. The summed E-state index contributed by atoms with van der Waals surface area (Å²) in [5, 5.41) is 10.2. The van der Waals surface area contributed by atoms with Crippen LogP contribution in [-0.2, 0) is 0 Å². The summed E-state index contributed by atoms with van der Waals surface area (Å²) in [7, 11) is 0.